The van der Waals surface area contributed by atoms with Crippen LogP contribution in [-0.4, -0.2) is 43.0 Å². The van der Waals surface area contributed by atoms with Gasteiger partial charge in [-0.3, -0.25) is 9.69 Å². The number of likely N-dealkylation sites (tertiary alicyclic amines) is 1. The maximum Gasteiger partial charge on any atom is 0.234 e. The van der Waals surface area contributed by atoms with E-state index in [1.807, 2.05) is 0 Å². The molecule has 1 rings (SSSR count). The fourth-order valence-corrected chi connectivity index (χ4v) is 2.17. The minimum absolute atomic E-state index is 0.129. The van der Waals surface area contributed by atoms with E-state index in [1.54, 1.807) is 0 Å². The Kier molecular flexibility index (Phi) is 5.05. The van der Waals surface area contributed by atoms with Crippen molar-refractivity contribution in [2.24, 2.45) is 11.7 Å². The van der Waals surface area contributed by atoms with Gasteiger partial charge in [-0.1, -0.05) is 13.8 Å². The molecule has 0 aromatic heterocycles. The van der Waals surface area contributed by atoms with Crippen LogP contribution in [0.3, 0.4) is 0 Å². The van der Waals surface area contributed by atoms with Crippen LogP contribution >= 0.6 is 0 Å². The van der Waals surface area contributed by atoms with E-state index < -0.39 is 0 Å². The molecule has 1 aliphatic heterocycles. The monoisotopic (exact) mass is 213 g/mol. The van der Waals surface area contributed by atoms with E-state index in [4.69, 9.17) is 5.73 Å². The van der Waals surface area contributed by atoms with Crippen molar-refractivity contribution in [3.63, 3.8) is 0 Å². The third-order valence-electron chi connectivity index (χ3n) is 3.16. The van der Waals surface area contributed by atoms with Gasteiger partial charge < -0.3 is 11.1 Å². The van der Waals surface area contributed by atoms with Gasteiger partial charge in [-0.05, 0) is 25.3 Å². The molecule has 88 valence electrons. The molecule has 0 aromatic carbocycles. The summed E-state index contributed by atoms with van der Waals surface area (Å²) < 4.78 is 0. The number of amides is 1. The summed E-state index contributed by atoms with van der Waals surface area (Å²) in [7, 11) is 0. The van der Waals surface area contributed by atoms with Gasteiger partial charge in [-0.15, -0.1) is 0 Å². The molecule has 2 atom stereocenters. The number of nitrogens with zero attached hydrogens (tertiary/aromatic N) is 1. The van der Waals surface area contributed by atoms with Gasteiger partial charge in [0, 0.05) is 19.1 Å². The third-order valence-corrected chi connectivity index (χ3v) is 3.16. The molecule has 0 radical (unpaired) electrons. The summed E-state index contributed by atoms with van der Waals surface area (Å²) in [6.45, 7) is 7.20. The summed E-state index contributed by atoms with van der Waals surface area (Å²) in [5.74, 6) is 0.748. The van der Waals surface area contributed by atoms with E-state index in [9.17, 15) is 4.79 Å². The van der Waals surface area contributed by atoms with Crippen molar-refractivity contribution in [2.45, 2.75) is 32.7 Å². The quantitative estimate of drug-likeness (QED) is 0.685. The van der Waals surface area contributed by atoms with Gasteiger partial charge in [0.1, 0.15) is 0 Å². The molecule has 0 aromatic rings. The fraction of sp³-hybridized carbons (Fsp3) is 0.909. The van der Waals surface area contributed by atoms with Gasteiger partial charge in [0.15, 0.2) is 0 Å². The maximum atomic E-state index is 11.5. The smallest absolute Gasteiger partial charge is 0.234 e. The summed E-state index contributed by atoms with van der Waals surface area (Å²) in [6, 6.07) is 0.386. The van der Waals surface area contributed by atoms with Crippen molar-refractivity contribution in [1.29, 1.82) is 0 Å². The molecule has 1 heterocycles. The standard InChI is InChI=1S/C11H23N3O/c1-3-5-13-11(15)8-14-6-4-9(2)10(14)7-12/h9-10H,3-8,12H2,1-2H3,(H,13,15). The molecule has 1 saturated heterocycles. The highest BCUT2D eigenvalue weighted by molar-refractivity contribution is 5.78. The first-order valence-electron chi connectivity index (χ1n) is 5.89. The molecule has 0 aliphatic carbocycles. The molecule has 4 heteroatoms. The Balaban J connectivity index is 2.34. The first-order valence-corrected chi connectivity index (χ1v) is 5.89. The van der Waals surface area contributed by atoms with Crippen LogP contribution in [0.2, 0.25) is 0 Å². The Hall–Kier alpha value is -0.610. The lowest BCUT2D eigenvalue weighted by atomic mass is 10.0. The zero-order valence-corrected chi connectivity index (χ0v) is 9.83. The van der Waals surface area contributed by atoms with Crippen LogP contribution in [-0.2, 0) is 4.79 Å². The first-order chi connectivity index (χ1) is 7.19. The summed E-state index contributed by atoms with van der Waals surface area (Å²) in [6.07, 6.45) is 2.14. The van der Waals surface area contributed by atoms with E-state index in [2.05, 4.69) is 24.1 Å². The Morgan fingerprint density at radius 3 is 2.93 bits per heavy atom. The van der Waals surface area contributed by atoms with Crippen molar-refractivity contribution in [3.8, 4) is 0 Å². The van der Waals surface area contributed by atoms with Gasteiger partial charge in [-0.25, -0.2) is 0 Å². The van der Waals surface area contributed by atoms with E-state index in [0.29, 0.717) is 25.0 Å². The van der Waals surface area contributed by atoms with Crippen LogP contribution in [0.25, 0.3) is 0 Å². The van der Waals surface area contributed by atoms with Crippen LogP contribution in [0.15, 0.2) is 0 Å². The number of nitrogens with two attached hydrogens (primary N) is 1. The average Bonchev–Trinajstić information content (AvgIpc) is 2.56. The molecule has 0 bridgehead atoms. The van der Waals surface area contributed by atoms with Crippen molar-refractivity contribution in [1.82, 2.24) is 10.2 Å². The molecule has 4 nitrogen and oxygen atoms in total. The van der Waals surface area contributed by atoms with Crippen molar-refractivity contribution in [2.75, 3.05) is 26.2 Å². The fourth-order valence-electron chi connectivity index (χ4n) is 2.17. The maximum absolute atomic E-state index is 11.5. The first kappa shape index (κ1) is 12.5. The predicted molar refractivity (Wildman–Crippen MR) is 61.5 cm³/mol. The predicted octanol–water partition coefficient (Wildman–Crippen LogP) is 0.182. The van der Waals surface area contributed by atoms with Crippen molar-refractivity contribution in [3.05, 3.63) is 0 Å². The summed E-state index contributed by atoms with van der Waals surface area (Å²) >= 11 is 0. The van der Waals surface area contributed by atoms with Gasteiger partial charge in [0.25, 0.3) is 0 Å². The van der Waals surface area contributed by atoms with Crippen LogP contribution in [0.4, 0.5) is 0 Å². The molecular formula is C11H23N3O. The largest absolute Gasteiger partial charge is 0.355 e. The van der Waals surface area contributed by atoms with E-state index in [-0.39, 0.29) is 5.91 Å². The minimum atomic E-state index is 0.129. The van der Waals surface area contributed by atoms with Crippen LogP contribution < -0.4 is 11.1 Å². The normalized spacial score (nSPS) is 26.9. The average molecular weight is 213 g/mol. The molecule has 3 N–H and O–H groups in total. The number of nitrogens with one attached hydrogen (secondary N) is 1. The SMILES string of the molecule is CCCNC(=O)CN1CCC(C)C1CN. The molecule has 0 spiro atoms. The number of carbonyl (C=O) groups excluding carboxylic acids is 1. The summed E-state index contributed by atoms with van der Waals surface area (Å²) in [4.78, 5) is 13.7. The lowest BCUT2D eigenvalue weighted by Crippen LogP contribution is -2.44. The number of carbonyl (C=O) groups is 1. The third kappa shape index (κ3) is 3.47. The summed E-state index contributed by atoms with van der Waals surface area (Å²) in [5, 5.41) is 2.90. The number of hydrogen-bond donors (Lipinski definition) is 2. The zero-order chi connectivity index (χ0) is 11.3. The van der Waals surface area contributed by atoms with E-state index >= 15 is 0 Å². The molecular weight excluding hydrogens is 190 g/mol. The van der Waals surface area contributed by atoms with Crippen molar-refractivity contribution >= 4 is 5.91 Å². The van der Waals surface area contributed by atoms with Gasteiger partial charge in [0.05, 0.1) is 6.54 Å². The lowest BCUT2D eigenvalue weighted by Gasteiger charge is -2.24. The second-order valence-corrected chi connectivity index (χ2v) is 4.39. The Morgan fingerprint density at radius 2 is 2.33 bits per heavy atom. The second-order valence-electron chi connectivity index (χ2n) is 4.39. The van der Waals surface area contributed by atoms with Crippen LogP contribution in [0.1, 0.15) is 26.7 Å². The summed E-state index contributed by atoms with van der Waals surface area (Å²) in [5.41, 5.74) is 5.72. The van der Waals surface area contributed by atoms with Crippen molar-refractivity contribution < 1.29 is 4.79 Å². The highest BCUT2D eigenvalue weighted by Gasteiger charge is 2.30. The second kappa shape index (κ2) is 6.08. The zero-order valence-electron chi connectivity index (χ0n) is 9.83. The minimum Gasteiger partial charge on any atom is -0.355 e. The van der Waals surface area contributed by atoms with E-state index in [1.165, 1.54) is 0 Å². The molecule has 15 heavy (non-hydrogen) atoms. The molecule has 1 amide bonds. The lowest BCUT2D eigenvalue weighted by molar-refractivity contribution is -0.122. The van der Waals surface area contributed by atoms with Crippen LogP contribution in [0.5, 0.6) is 0 Å². The van der Waals surface area contributed by atoms with Gasteiger partial charge in [0.2, 0.25) is 5.91 Å². The van der Waals surface area contributed by atoms with E-state index in [0.717, 1.165) is 25.9 Å². The highest BCUT2D eigenvalue weighted by Crippen LogP contribution is 2.22. The van der Waals surface area contributed by atoms with Gasteiger partial charge in [-0.2, -0.15) is 0 Å². The van der Waals surface area contributed by atoms with Crippen LogP contribution in [0, 0.1) is 5.92 Å². The molecule has 1 aliphatic rings. The number of hydrogen-bond acceptors (Lipinski definition) is 3. The topological polar surface area (TPSA) is 58.4 Å². The number of rotatable bonds is 5. The molecule has 1 fully saturated rings. The highest BCUT2D eigenvalue weighted by atomic mass is 16.2. The molecule has 2 unspecified atom stereocenters. The Bertz CT molecular complexity index is 208. The Labute approximate surface area is 92.2 Å². The molecule has 0 saturated carbocycles. The Morgan fingerprint density at radius 1 is 1.60 bits per heavy atom. The van der Waals surface area contributed by atoms with Gasteiger partial charge >= 0.3 is 0 Å².